The predicted octanol–water partition coefficient (Wildman–Crippen LogP) is 3.97. The van der Waals surface area contributed by atoms with E-state index in [2.05, 4.69) is 55.3 Å². The molecule has 4 fully saturated rings. The van der Waals surface area contributed by atoms with Crippen molar-refractivity contribution < 1.29 is 14.3 Å². The highest BCUT2D eigenvalue weighted by molar-refractivity contribution is 5.82. The van der Waals surface area contributed by atoms with Crippen LogP contribution in [0.3, 0.4) is 0 Å². The van der Waals surface area contributed by atoms with Crippen LogP contribution < -0.4 is 5.32 Å². The molecule has 1 atom stereocenters. The Morgan fingerprint density at radius 3 is 2.62 bits per heavy atom. The number of hydrogen-bond donors (Lipinski definition) is 1. The molecule has 0 bridgehead atoms. The number of nitrogens with zero attached hydrogens (tertiary/aromatic N) is 1. The van der Waals surface area contributed by atoms with Gasteiger partial charge in [-0.1, -0.05) is 45.0 Å². The van der Waals surface area contributed by atoms with Gasteiger partial charge in [-0.2, -0.15) is 0 Å². The van der Waals surface area contributed by atoms with E-state index >= 15 is 0 Å². The van der Waals surface area contributed by atoms with Crippen molar-refractivity contribution in [3.05, 3.63) is 35.4 Å². The minimum Gasteiger partial charge on any atom is -0.447 e. The van der Waals surface area contributed by atoms with Gasteiger partial charge < -0.3 is 15.0 Å². The summed E-state index contributed by atoms with van der Waals surface area (Å²) in [5.74, 6) is 0.947. The molecular weight excluding hydrogens is 364 g/mol. The predicted molar refractivity (Wildman–Crippen MR) is 111 cm³/mol. The first-order valence-electron chi connectivity index (χ1n) is 11.0. The maximum absolute atomic E-state index is 12.8. The van der Waals surface area contributed by atoms with Gasteiger partial charge in [0.05, 0.1) is 5.54 Å². The maximum Gasteiger partial charge on any atom is 0.407 e. The first-order chi connectivity index (χ1) is 13.7. The lowest BCUT2D eigenvalue weighted by atomic mass is 9.67. The van der Waals surface area contributed by atoms with Gasteiger partial charge >= 0.3 is 6.09 Å². The lowest BCUT2D eigenvalue weighted by Crippen LogP contribution is -2.63. The lowest BCUT2D eigenvalue weighted by Gasteiger charge is -2.52. The van der Waals surface area contributed by atoms with Crippen LogP contribution in [0.4, 0.5) is 4.79 Å². The molecule has 0 aromatic heterocycles. The molecular formula is C24H32N2O3. The monoisotopic (exact) mass is 396 g/mol. The van der Waals surface area contributed by atoms with Gasteiger partial charge in [0.1, 0.15) is 6.61 Å². The molecule has 156 valence electrons. The van der Waals surface area contributed by atoms with Gasteiger partial charge in [0.15, 0.2) is 0 Å². The summed E-state index contributed by atoms with van der Waals surface area (Å²) < 4.78 is 5.02. The van der Waals surface area contributed by atoms with E-state index in [0.717, 1.165) is 25.9 Å². The molecule has 2 amide bonds. The molecule has 5 heteroatoms. The second kappa shape index (κ2) is 6.23. The quantitative estimate of drug-likeness (QED) is 0.823. The smallest absolute Gasteiger partial charge is 0.407 e. The van der Waals surface area contributed by atoms with Crippen LogP contribution in [0.5, 0.6) is 0 Å². The maximum atomic E-state index is 12.8. The van der Waals surface area contributed by atoms with Crippen molar-refractivity contribution in [2.45, 2.75) is 69.7 Å². The number of carbonyl (C=O) groups excluding carboxylic acids is 2. The van der Waals surface area contributed by atoms with Crippen molar-refractivity contribution in [1.29, 1.82) is 0 Å². The first-order valence-corrected chi connectivity index (χ1v) is 11.0. The number of nitrogens with one attached hydrogen (secondary N) is 1. The largest absolute Gasteiger partial charge is 0.447 e. The molecule has 2 heterocycles. The third-order valence-corrected chi connectivity index (χ3v) is 7.76. The highest BCUT2D eigenvalue weighted by atomic mass is 16.6. The zero-order valence-electron chi connectivity index (χ0n) is 17.8. The van der Waals surface area contributed by atoms with Crippen LogP contribution in [-0.4, -0.2) is 42.1 Å². The summed E-state index contributed by atoms with van der Waals surface area (Å²) in [4.78, 5) is 26.2. The van der Waals surface area contributed by atoms with E-state index in [-0.39, 0.29) is 28.9 Å². The van der Waals surface area contributed by atoms with Crippen molar-refractivity contribution in [3.8, 4) is 0 Å². The van der Waals surface area contributed by atoms with Crippen LogP contribution in [0.1, 0.15) is 69.9 Å². The van der Waals surface area contributed by atoms with Crippen LogP contribution >= 0.6 is 0 Å². The van der Waals surface area contributed by atoms with E-state index in [4.69, 9.17) is 4.74 Å². The number of amides is 2. The number of alkyl carbamates (subject to hydrolysis) is 1. The molecule has 0 radical (unpaired) electrons. The summed E-state index contributed by atoms with van der Waals surface area (Å²) >= 11 is 0. The number of rotatable bonds is 2. The summed E-state index contributed by atoms with van der Waals surface area (Å²) in [5.41, 5.74) is 3.11. The highest BCUT2D eigenvalue weighted by Crippen LogP contribution is 2.53. The SMILES string of the molecule is CC(C)(C)c1cccc(C2CCC3(C2)CN(C(=O)[C@H]2C[C@]4(COC(=O)N4)C2)C3)c1. The van der Waals surface area contributed by atoms with E-state index in [1.165, 1.54) is 30.4 Å². The second-order valence-corrected chi connectivity index (χ2v) is 11.1. The summed E-state index contributed by atoms with van der Waals surface area (Å²) in [7, 11) is 0. The van der Waals surface area contributed by atoms with E-state index in [1.54, 1.807) is 0 Å². The Bertz CT molecular complexity index is 844. The van der Waals surface area contributed by atoms with E-state index in [0.29, 0.717) is 17.9 Å². The Morgan fingerprint density at radius 1 is 1.21 bits per heavy atom. The topological polar surface area (TPSA) is 58.6 Å². The molecule has 4 aliphatic rings. The Hall–Kier alpha value is -2.04. The Kier molecular flexibility index (Phi) is 4.07. The summed E-state index contributed by atoms with van der Waals surface area (Å²) in [6, 6.07) is 9.12. The molecule has 5 rings (SSSR count). The average molecular weight is 397 g/mol. The molecule has 1 N–H and O–H groups in total. The third-order valence-electron chi connectivity index (χ3n) is 7.76. The molecule has 2 aliphatic heterocycles. The van der Waals surface area contributed by atoms with Crippen molar-refractivity contribution in [2.24, 2.45) is 11.3 Å². The van der Waals surface area contributed by atoms with Gasteiger partial charge in [-0.25, -0.2) is 4.79 Å². The third kappa shape index (κ3) is 3.23. The van der Waals surface area contributed by atoms with Crippen LogP contribution in [-0.2, 0) is 14.9 Å². The Balaban J connectivity index is 1.16. The normalized spacial score (nSPS) is 32.7. The van der Waals surface area contributed by atoms with E-state index in [1.807, 2.05) is 0 Å². The molecule has 2 aliphatic carbocycles. The fourth-order valence-corrected chi connectivity index (χ4v) is 5.99. The van der Waals surface area contributed by atoms with Gasteiger partial charge in [0.25, 0.3) is 0 Å². The summed E-state index contributed by atoms with van der Waals surface area (Å²) in [6.07, 6.45) is 4.76. The van der Waals surface area contributed by atoms with Crippen molar-refractivity contribution in [1.82, 2.24) is 10.2 Å². The van der Waals surface area contributed by atoms with Crippen LogP contribution in [0.2, 0.25) is 0 Å². The number of benzene rings is 1. The standard InChI is InChI=1S/C24H32N2O3/c1-22(2,3)19-6-4-5-16(9-19)17-7-8-23(10-17)13-26(14-23)20(27)18-11-24(12-18)15-29-21(28)25-24/h4-6,9,17-18H,7-8,10-15H2,1-3H3,(H,25,28)/t17?,18-,24+. The van der Waals surface area contributed by atoms with Gasteiger partial charge in [0.2, 0.25) is 5.91 Å². The molecule has 2 spiro atoms. The average Bonchev–Trinajstić information content (AvgIpc) is 3.22. The van der Waals surface area contributed by atoms with Crippen molar-refractivity contribution in [3.63, 3.8) is 0 Å². The second-order valence-electron chi connectivity index (χ2n) is 11.1. The lowest BCUT2D eigenvalue weighted by molar-refractivity contribution is -0.153. The number of hydrogen-bond acceptors (Lipinski definition) is 3. The molecule has 2 saturated carbocycles. The first kappa shape index (κ1) is 19.0. The van der Waals surface area contributed by atoms with Crippen molar-refractivity contribution >= 4 is 12.0 Å². The molecule has 1 aromatic carbocycles. The number of cyclic esters (lactones) is 1. The van der Waals surface area contributed by atoms with Gasteiger partial charge in [-0.3, -0.25) is 4.79 Å². The van der Waals surface area contributed by atoms with Crippen LogP contribution in [0.25, 0.3) is 0 Å². The molecule has 5 nitrogen and oxygen atoms in total. The highest BCUT2D eigenvalue weighted by Gasteiger charge is 2.56. The number of likely N-dealkylation sites (tertiary alicyclic amines) is 1. The number of carbonyl (C=O) groups is 2. The van der Waals surface area contributed by atoms with Crippen molar-refractivity contribution in [2.75, 3.05) is 19.7 Å². The van der Waals surface area contributed by atoms with Crippen LogP contribution in [0.15, 0.2) is 24.3 Å². The minimum atomic E-state index is -0.341. The Labute approximate surface area is 173 Å². The zero-order chi connectivity index (χ0) is 20.4. The molecule has 29 heavy (non-hydrogen) atoms. The molecule has 2 saturated heterocycles. The molecule has 1 unspecified atom stereocenters. The van der Waals surface area contributed by atoms with E-state index < -0.39 is 0 Å². The van der Waals surface area contributed by atoms with Gasteiger partial charge in [-0.05, 0) is 54.6 Å². The van der Waals surface area contributed by atoms with Gasteiger partial charge in [-0.15, -0.1) is 0 Å². The fraction of sp³-hybridized carbons (Fsp3) is 0.667. The van der Waals surface area contributed by atoms with Gasteiger partial charge in [0, 0.05) is 24.4 Å². The van der Waals surface area contributed by atoms with Crippen LogP contribution in [0, 0.1) is 11.3 Å². The minimum absolute atomic E-state index is 0.0509. The summed E-state index contributed by atoms with van der Waals surface area (Å²) in [6.45, 7) is 9.04. The Morgan fingerprint density at radius 2 is 1.97 bits per heavy atom. The zero-order valence-corrected chi connectivity index (χ0v) is 17.8. The fourth-order valence-electron chi connectivity index (χ4n) is 5.99. The summed E-state index contributed by atoms with van der Waals surface area (Å²) in [5, 5.41) is 2.88. The van der Waals surface area contributed by atoms with E-state index in [9.17, 15) is 9.59 Å². The number of ether oxygens (including phenoxy) is 1. The molecule has 1 aromatic rings.